The Morgan fingerprint density at radius 3 is 2.40 bits per heavy atom. The largest absolute Gasteiger partial charge is 0.409 e. The molecule has 3 nitrogen and oxygen atoms in total. The van der Waals surface area contributed by atoms with E-state index in [9.17, 15) is 8.99 Å². The zero-order chi connectivity index (χ0) is 11.4. The fourth-order valence-electron chi connectivity index (χ4n) is 1.09. The van der Waals surface area contributed by atoms with Gasteiger partial charge in [-0.2, -0.15) is 4.20 Å². The second-order valence-corrected chi connectivity index (χ2v) is 4.23. The maximum Gasteiger partial charge on any atom is 0.342 e. The third-order valence-corrected chi connectivity index (χ3v) is 2.30. The van der Waals surface area contributed by atoms with Gasteiger partial charge in [0.2, 0.25) is 0 Å². The smallest absolute Gasteiger partial charge is 0.342 e. The molecule has 0 heterocycles. The lowest BCUT2D eigenvalue weighted by Crippen LogP contribution is -2.06. The molecule has 5 heteroatoms. The number of halogens is 1. The van der Waals surface area contributed by atoms with Crippen molar-refractivity contribution in [2.75, 3.05) is 6.66 Å². The topological polar surface area (TPSA) is 52.3 Å². The van der Waals surface area contributed by atoms with E-state index in [1.54, 1.807) is 24.3 Å². The van der Waals surface area contributed by atoms with Gasteiger partial charge in [-0.1, -0.05) is 12.1 Å². The molecule has 0 saturated carbocycles. The van der Waals surface area contributed by atoms with Crippen molar-refractivity contribution in [3.8, 4) is 0 Å². The molecule has 1 aromatic rings. The first-order valence-corrected chi connectivity index (χ1v) is 6.08. The Labute approximate surface area is 89.4 Å². The predicted molar refractivity (Wildman–Crippen MR) is 58.4 cm³/mol. The molecule has 0 bridgehead atoms. The third-order valence-electron chi connectivity index (χ3n) is 1.88. The molecule has 1 aromatic carbocycles. The van der Waals surface area contributed by atoms with Gasteiger partial charge >= 0.3 is 5.97 Å². The van der Waals surface area contributed by atoms with Gasteiger partial charge in [-0.25, -0.2) is 4.79 Å². The third kappa shape index (κ3) is 3.57. The van der Waals surface area contributed by atoms with E-state index >= 15 is 0 Å². The van der Waals surface area contributed by atoms with Gasteiger partial charge < -0.3 is 10.3 Å². The molecule has 0 aliphatic heterocycles. The Hall–Kier alpha value is -0.990. The maximum absolute atomic E-state index is 12.4. The van der Waals surface area contributed by atoms with E-state index in [1.165, 1.54) is 6.66 Å². The molecule has 0 radical (unpaired) electrons. The number of benzene rings is 1. The number of hydrogen-bond donors (Lipinski definition) is 1. The monoisotopic (exact) mass is 229 g/mol. The minimum atomic E-state index is -2.16. The first-order chi connectivity index (χ1) is 7.00. The number of carbonyl (C=O) groups excluding carboxylic acids is 1. The van der Waals surface area contributed by atoms with Crippen LogP contribution in [0, 0.1) is 0 Å². The molecule has 2 unspecified atom stereocenters. The Morgan fingerprint density at radius 2 is 2.00 bits per heavy atom. The van der Waals surface area contributed by atoms with E-state index in [0.717, 1.165) is 5.56 Å². The molecule has 0 spiro atoms. The highest BCUT2D eigenvalue weighted by Crippen LogP contribution is 2.34. The quantitative estimate of drug-likeness (QED) is 0.811. The number of rotatable bonds is 3. The molecule has 0 aromatic heterocycles. The summed E-state index contributed by atoms with van der Waals surface area (Å²) in [5, 5.41) is 0. The average molecular weight is 229 g/mol. The van der Waals surface area contributed by atoms with E-state index in [0.29, 0.717) is 5.56 Å². The van der Waals surface area contributed by atoms with Crippen LogP contribution in [0.2, 0.25) is 0 Å². The van der Waals surface area contributed by atoms with Crippen molar-refractivity contribution in [3.63, 3.8) is 0 Å². The van der Waals surface area contributed by atoms with Crippen molar-refractivity contribution < 1.29 is 13.5 Å². The lowest BCUT2D eigenvalue weighted by molar-refractivity contribution is 0.0747. The second kappa shape index (κ2) is 5.19. The molecule has 1 rings (SSSR count). The van der Waals surface area contributed by atoms with Crippen molar-refractivity contribution in [2.45, 2.75) is 13.0 Å². The maximum atomic E-state index is 12.4. The molecule has 0 fully saturated rings. The highest BCUT2D eigenvalue weighted by Gasteiger charge is 2.11. The van der Waals surface area contributed by atoms with Crippen LogP contribution in [0.4, 0.5) is 4.20 Å². The number of nitrogens with two attached hydrogens (primary N) is 1. The Bertz CT molecular complexity index is 338. The molecule has 2 N–H and O–H groups in total. The van der Waals surface area contributed by atoms with Gasteiger partial charge in [0.05, 0.1) is 5.56 Å². The highest BCUT2D eigenvalue weighted by molar-refractivity contribution is 7.46. The van der Waals surface area contributed by atoms with E-state index in [4.69, 9.17) is 5.73 Å². The highest BCUT2D eigenvalue weighted by atomic mass is 31.2. The van der Waals surface area contributed by atoms with E-state index in [-0.39, 0.29) is 6.04 Å². The van der Waals surface area contributed by atoms with Crippen LogP contribution < -0.4 is 5.73 Å². The zero-order valence-electron chi connectivity index (χ0n) is 8.61. The van der Waals surface area contributed by atoms with Crippen molar-refractivity contribution in [2.24, 2.45) is 5.73 Å². The van der Waals surface area contributed by atoms with Crippen molar-refractivity contribution >= 4 is 14.4 Å². The summed E-state index contributed by atoms with van der Waals surface area (Å²) in [5.74, 6) is -0.637. The average Bonchev–Trinajstić information content (AvgIpc) is 2.17. The SMILES string of the molecule is CC(N)c1ccc(C(=O)OP(C)F)cc1. The molecular formula is C10H13FNO2P. The molecule has 0 aliphatic rings. The summed E-state index contributed by atoms with van der Waals surface area (Å²) in [6, 6.07) is 6.55. The molecular weight excluding hydrogens is 216 g/mol. The van der Waals surface area contributed by atoms with Crippen LogP contribution in [-0.2, 0) is 4.52 Å². The van der Waals surface area contributed by atoms with Crippen LogP contribution >= 0.6 is 8.46 Å². The fourth-order valence-corrected chi connectivity index (χ4v) is 1.42. The van der Waals surface area contributed by atoms with Crippen LogP contribution in [0.15, 0.2) is 24.3 Å². The molecule has 2 atom stereocenters. The predicted octanol–water partition coefficient (Wildman–Crippen LogP) is 2.77. The standard InChI is InChI=1S/C10H13FNO2P/c1-7(12)8-3-5-9(6-4-8)10(13)14-15(2)11/h3-7H,12H2,1-2H3. The summed E-state index contributed by atoms with van der Waals surface area (Å²) in [7, 11) is -2.16. The Balaban J connectivity index is 2.75. The number of hydrogen-bond acceptors (Lipinski definition) is 3. The second-order valence-electron chi connectivity index (χ2n) is 3.21. The fraction of sp³-hybridized carbons (Fsp3) is 0.300. The lowest BCUT2D eigenvalue weighted by Gasteiger charge is -2.07. The van der Waals surface area contributed by atoms with Crippen LogP contribution in [-0.4, -0.2) is 12.6 Å². The Kier molecular flexibility index (Phi) is 4.18. The number of carbonyl (C=O) groups is 1. The van der Waals surface area contributed by atoms with E-state index in [2.05, 4.69) is 4.52 Å². The van der Waals surface area contributed by atoms with Crippen molar-refractivity contribution in [1.82, 2.24) is 0 Å². The van der Waals surface area contributed by atoms with Gasteiger partial charge in [-0.3, -0.25) is 0 Å². The zero-order valence-corrected chi connectivity index (χ0v) is 9.50. The van der Waals surface area contributed by atoms with Crippen LogP contribution in [0.25, 0.3) is 0 Å². The molecule has 0 saturated heterocycles. The van der Waals surface area contributed by atoms with Gasteiger partial charge in [-0.05, 0) is 24.6 Å². The lowest BCUT2D eigenvalue weighted by atomic mass is 10.1. The molecule has 0 amide bonds. The van der Waals surface area contributed by atoms with Gasteiger partial charge in [0.1, 0.15) is 0 Å². The van der Waals surface area contributed by atoms with Gasteiger partial charge in [0, 0.05) is 12.7 Å². The van der Waals surface area contributed by atoms with E-state index in [1.807, 2.05) is 6.92 Å². The summed E-state index contributed by atoms with van der Waals surface area (Å²) in [6.07, 6.45) is 0. The minimum absolute atomic E-state index is 0.0838. The van der Waals surface area contributed by atoms with Gasteiger partial charge in [0.15, 0.2) is 0 Å². The normalized spacial score (nSPS) is 14.4. The van der Waals surface area contributed by atoms with Crippen molar-refractivity contribution in [1.29, 1.82) is 0 Å². The first kappa shape index (κ1) is 12.1. The Morgan fingerprint density at radius 1 is 1.47 bits per heavy atom. The summed E-state index contributed by atoms with van der Waals surface area (Å²) >= 11 is 0. The van der Waals surface area contributed by atoms with Gasteiger partial charge in [-0.15, -0.1) is 0 Å². The minimum Gasteiger partial charge on any atom is -0.409 e. The molecule has 82 valence electrons. The summed E-state index contributed by atoms with van der Waals surface area (Å²) in [4.78, 5) is 11.3. The first-order valence-electron chi connectivity index (χ1n) is 4.48. The van der Waals surface area contributed by atoms with Crippen LogP contribution in [0.1, 0.15) is 28.9 Å². The summed E-state index contributed by atoms with van der Waals surface area (Å²) in [6.45, 7) is 3.07. The molecule has 15 heavy (non-hydrogen) atoms. The summed E-state index contributed by atoms with van der Waals surface area (Å²) < 4.78 is 16.9. The van der Waals surface area contributed by atoms with E-state index < -0.39 is 14.4 Å². The molecule has 0 aliphatic carbocycles. The van der Waals surface area contributed by atoms with Gasteiger partial charge in [0.25, 0.3) is 8.46 Å². The van der Waals surface area contributed by atoms with Crippen LogP contribution in [0.3, 0.4) is 0 Å². The van der Waals surface area contributed by atoms with Crippen LogP contribution in [0.5, 0.6) is 0 Å². The summed E-state index contributed by atoms with van der Waals surface area (Å²) in [5.41, 5.74) is 6.91. The van der Waals surface area contributed by atoms with Crippen molar-refractivity contribution in [3.05, 3.63) is 35.4 Å².